The van der Waals surface area contributed by atoms with Gasteiger partial charge in [0, 0.05) is 35.8 Å². The number of carbonyl (C=O) groups is 2. The second-order valence-corrected chi connectivity index (χ2v) is 10.3. The maximum atomic E-state index is 13.0. The van der Waals surface area contributed by atoms with E-state index in [9.17, 15) is 22.8 Å². The molecule has 0 spiro atoms. The number of amides is 2. The molecule has 2 fully saturated rings. The Hall–Kier alpha value is -2.45. The first-order valence-electron chi connectivity index (χ1n) is 11.0. The monoisotopic (exact) mass is 508 g/mol. The zero-order chi connectivity index (χ0) is 24.5. The molecule has 4 nitrogen and oxygen atoms in total. The predicted molar refractivity (Wildman–Crippen MR) is 128 cm³/mol. The number of carbonyl (C=O) groups excluding carboxylic acids is 2. The van der Waals surface area contributed by atoms with Gasteiger partial charge in [-0.15, -0.1) is 11.8 Å². The molecule has 180 valence electrons. The summed E-state index contributed by atoms with van der Waals surface area (Å²) in [6.07, 6.45) is -0.712. The number of hydrogen-bond acceptors (Lipinski definition) is 3. The minimum absolute atomic E-state index is 0.0460. The van der Waals surface area contributed by atoms with Crippen LogP contribution >= 0.6 is 23.4 Å². The van der Waals surface area contributed by atoms with Crippen molar-refractivity contribution < 1.29 is 22.8 Å². The molecule has 1 heterocycles. The summed E-state index contributed by atoms with van der Waals surface area (Å²) in [6.45, 7) is 0.354. The van der Waals surface area contributed by atoms with E-state index in [1.54, 1.807) is 24.1 Å². The number of thioether (sulfide) groups is 1. The van der Waals surface area contributed by atoms with E-state index in [4.69, 9.17) is 11.6 Å². The Morgan fingerprint density at radius 2 is 1.88 bits per heavy atom. The van der Waals surface area contributed by atoms with Crippen LogP contribution in [-0.2, 0) is 22.3 Å². The Morgan fingerprint density at radius 1 is 1.18 bits per heavy atom. The van der Waals surface area contributed by atoms with Gasteiger partial charge >= 0.3 is 6.18 Å². The molecule has 1 saturated carbocycles. The third-order valence-electron chi connectivity index (χ3n) is 6.38. The molecule has 3 unspecified atom stereocenters. The number of nitrogens with one attached hydrogen (secondary N) is 1. The summed E-state index contributed by atoms with van der Waals surface area (Å²) >= 11 is 7.62. The topological polar surface area (TPSA) is 49.4 Å². The van der Waals surface area contributed by atoms with Crippen LogP contribution in [0.1, 0.15) is 36.0 Å². The van der Waals surface area contributed by atoms with Crippen LogP contribution in [0.15, 0.2) is 53.4 Å². The summed E-state index contributed by atoms with van der Waals surface area (Å²) in [4.78, 5) is 27.9. The van der Waals surface area contributed by atoms with Gasteiger partial charge in [-0.25, -0.2) is 0 Å². The molecule has 2 amide bonds. The summed E-state index contributed by atoms with van der Waals surface area (Å²) in [5.74, 6) is -0.418. The molecule has 1 aliphatic carbocycles. The van der Waals surface area contributed by atoms with E-state index >= 15 is 0 Å². The molecule has 0 radical (unpaired) electrons. The van der Waals surface area contributed by atoms with Crippen LogP contribution in [0.4, 0.5) is 13.2 Å². The fourth-order valence-corrected chi connectivity index (χ4v) is 6.11. The van der Waals surface area contributed by atoms with Crippen LogP contribution in [0.2, 0.25) is 5.02 Å². The maximum Gasteiger partial charge on any atom is 0.416 e. The van der Waals surface area contributed by atoms with E-state index in [1.165, 1.54) is 23.9 Å². The molecule has 2 aliphatic rings. The van der Waals surface area contributed by atoms with Crippen LogP contribution < -0.4 is 5.32 Å². The molecule has 4 rings (SSSR count). The molecular weight excluding hydrogens is 485 g/mol. The number of rotatable bonds is 4. The molecule has 3 atom stereocenters. The van der Waals surface area contributed by atoms with Gasteiger partial charge in [0.1, 0.15) is 0 Å². The minimum Gasteiger partial charge on any atom is -0.352 e. The van der Waals surface area contributed by atoms with E-state index in [2.05, 4.69) is 5.32 Å². The molecular formula is C25H24ClF3N2O2S. The number of alkyl halides is 3. The van der Waals surface area contributed by atoms with Crippen molar-refractivity contribution in [3.8, 4) is 0 Å². The van der Waals surface area contributed by atoms with E-state index < -0.39 is 11.7 Å². The molecule has 1 N–H and O–H groups in total. The summed E-state index contributed by atoms with van der Waals surface area (Å²) in [7, 11) is 1.73. The summed E-state index contributed by atoms with van der Waals surface area (Å²) in [5.41, 5.74) is 0.675. The van der Waals surface area contributed by atoms with Crippen molar-refractivity contribution in [3.63, 3.8) is 0 Å². The number of likely N-dealkylation sites (N-methyl/N-ethyl adjacent to an activating group) is 1. The number of halogens is 4. The zero-order valence-corrected chi connectivity index (χ0v) is 20.0. The Labute approximate surface area is 205 Å². The highest BCUT2D eigenvalue weighted by atomic mass is 35.5. The van der Waals surface area contributed by atoms with Crippen LogP contribution in [0, 0.1) is 5.92 Å². The first-order chi connectivity index (χ1) is 16.1. The number of fused-ring (bicyclic) bond motifs is 1. The molecule has 2 aromatic rings. The average Bonchev–Trinajstić information content (AvgIpc) is 2.81. The molecule has 0 bridgehead atoms. The van der Waals surface area contributed by atoms with Crippen molar-refractivity contribution in [3.05, 3.63) is 75.1 Å². The van der Waals surface area contributed by atoms with Crippen molar-refractivity contribution in [2.75, 3.05) is 7.05 Å². The summed E-state index contributed by atoms with van der Waals surface area (Å²) in [6, 6.07) is 12.1. The van der Waals surface area contributed by atoms with Gasteiger partial charge in [0.2, 0.25) is 5.91 Å². The lowest BCUT2D eigenvalue weighted by Crippen LogP contribution is -2.52. The Kier molecular flexibility index (Phi) is 7.28. The lowest BCUT2D eigenvalue weighted by Gasteiger charge is -2.44. The highest BCUT2D eigenvalue weighted by Gasteiger charge is 2.42. The van der Waals surface area contributed by atoms with Crippen molar-refractivity contribution in [1.29, 1.82) is 0 Å². The van der Waals surface area contributed by atoms with Gasteiger partial charge in [-0.3, -0.25) is 9.59 Å². The van der Waals surface area contributed by atoms with Crippen molar-refractivity contribution in [2.24, 2.45) is 5.92 Å². The van der Waals surface area contributed by atoms with Gasteiger partial charge in [0.05, 0.1) is 10.5 Å². The number of nitrogens with zero attached hydrogens (tertiary/aromatic N) is 1. The second-order valence-electron chi connectivity index (χ2n) is 8.59. The lowest BCUT2D eigenvalue weighted by atomic mass is 9.83. The van der Waals surface area contributed by atoms with Crippen LogP contribution in [0.25, 0.3) is 6.08 Å². The van der Waals surface area contributed by atoms with Crippen LogP contribution in [0.3, 0.4) is 0 Å². The van der Waals surface area contributed by atoms with Crippen LogP contribution in [-0.4, -0.2) is 35.1 Å². The van der Waals surface area contributed by atoms with Gasteiger partial charge < -0.3 is 10.2 Å². The van der Waals surface area contributed by atoms with E-state index in [-0.39, 0.29) is 29.0 Å². The Morgan fingerprint density at radius 3 is 2.56 bits per heavy atom. The smallest absolute Gasteiger partial charge is 0.352 e. The normalized spacial score (nSPS) is 24.1. The average molecular weight is 509 g/mol. The highest BCUT2D eigenvalue weighted by Crippen LogP contribution is 2.43. The fraction of sp³-hybridized carbons (Fsp3) is 0.360. The SMILES string of the molecule is CN1C(=O)/C(=C/c2ccc(C(F)(F)F)cc2)SC2CCC(C(=O)NCc3ccccc3Cl)CC21. The molecule has 34 heavy (non-hydrogen) atoms. The zero-order valence-electron chi connectivity index (χ0n) is 18.4. The van der Waals surface area contributed by atoms with E-state index in [0.29, 0.717) is 34.9 Å². The third-order valence-corrected chi connectivity index (χ3v) is 8.15. The first kappa shape index (κ1) is 24.7. The number of benzene rings is 2. The maximum absolute atomic E-state index is 13.0. The second kappa shape index (κ2) is 10.0. The quantitative estimate of drug-likeness (QED) is 0.534. The first-order valence-corrected chi connectivity index (χ1v) is 12.2. The Bertz CT molecular complexity index is 1100. The largest absolute Gasteiger partial charge is 0.416 e. The lowest BCUT2D eigenvalue weighted by molar-refractivity contribution is -0.137. The van der Waals surface area contributed by atoms with Crippen molar-refractivity contribution >= 4 is 41.3 Å². The van der Waals surface area contributed by atoms with Crippen LogP contribution in [0.5, 0.6) is 0 Å². The van der Waals surface area contributed by atoms with E-state index in [1.807, 2.05) is 18.2 Å². The van der Waals surface area contributed by atoms with Gasteiger partial charge in [0.15, 0.2) is 0 Å². The summed E-state index contributed by atoms with van der Waals surface area (Å²) in [5, 5.41) is 3.70. The molecule has 1 aliphatic heterocycles. The molecule has 0 aromatic heterocycles. The van der Waals surface area contributed by atoms with E-state index in [0.717, 1.165) is 24.1 Å². The molecule has 9 heteroatoms. The predicted octanol–water partition coefficient (Wildman–Crippen LogP) is 5.76. The Balaban J connectivity index is 1.40. The highest BCUT2D eigenvalue weighted by molar-refractivity contribution is 8.04. The standard InChI is InChI=1S/C25H24ClF3N2O2S/c1-31-20-13-16(23(32)30-14-17-4-2-3-5-19(17)26)8-11-21(20)34-22(24(31)33)12-15-6-9-18(10-7-15)25(27,28)29/h2-7,9-10,12,16,20-21H,8,11,13-14H2,1H3,(H,30,32)/b22-12-. The van der Waals surface area contributed by atoms with Crippen molar-refractivity contribution in [1.82, 2.24) is 10.2 Å². The molecule has 1 saturated heterocycles. The van der Waals surface area contributed by atoms with Gasteiger partial charge in [-0.1, -0.05) is 41.9 Å². The third kappa shape index (κ3) is 5.44. The fourth-order valence-electron chi connectivity index (χ4n) is 4.42. The van der Waals surface area contributed by atoms with Gasteiger partial charge in [-0.05, 0) is 54.7 Å². The number of hydrogen-bond donors (Lipinski definition) is 1. The minimum atomic E-state index is -4.40. The summed E-state index contributed by atoms with van der Waals surface area (Å²) < 4.78 is 38.4. The van der Waals surface area contributed by atoms with Gasteiger partial charge in [0.25, 0.3) is 5.91 Å². The van der Waals surface area contributed by atoms with Crippen molar-refractivity contribution in [2.45, 2.75) is 43.3 Å². The van der Waals surface area contributed by atoms with Gasteiger partial charge in [-0.2, -0.15) is 13.2 Å². The molecule has 2 aromatic carbocycles.